The van der Waals surface area contributed by atoms with Crippen molar-refractivity contribution < 1.29 is 13.5 Å². The number of aliphatic hydroxyl groups is 1. The van der Waals surface area contributed by atoms with E-state index in [-0.39, 0.29) is 18.7 Å². The van der Waals surface area contributed by atoms with Gasteiger partial charge in [0, 0.05) is 12.8 Å². The summed E-state index contributed by atoms with van der Waals surface area (Å²) in [6.07, 6.45) is 0.681. The molecule has 0 radical (unpaired) electrons. The minimum atomic E-state index is -2.94. The molecule has 1 atom stereocenters. The maximum atomic E-state index is 10.5. The zero-order valence-electron chi connectivity index (χ0n) is 5.95. The number of rotatable bonds is 4. The largest absolute Gasteiger partial charge is 0.392 e. The molecule has 0 aromatic carbocycles. The third-order valence-corrected chi connectivity index (χ3v) is 2.07. The minimum Gasteiger partial charge on any atom is -0.392 e. The van der Waals surface area contributed by atoms with Crippen molar-refractivity contribution in [3.63, 3.8) is 0 Å². The van der Waals surface area contributed by atoms with Crippen LogP contribution in [0.5, 0.6) is 0 Å². The molecule has 0 rings (SSSR count). The highest BCUT2D eigenvalue weighted by Crippen LogP contribution is 1.93. The van der Waals surface area contributed by atoms with Crippen molar-refractivity contribution >= 4 is 9.84 Å². The van der Waals surface area contributed by atoms with Gasteiger partial charge >= 0.3 is 0 Å². The molecule has 0 aliphatic rings. The van der Waals surface area contributed by atoms with E-state index in [1.807, 2.05) is 0 Å². The Morgan fingerprint density at radius 1 is 1.60 bits per heavy atom. The minimum absolute atomic E-state index is 0.00532. The number of nitrogens with two attached hydrogens (primary N) is 1. The van der Waals surface area contributed by atoms with Crippen LogP contribution in [0.2, 0.25) is 0 Å². The van der Waals surface area contributed by atoms with Crippen LogP contribution in [0.25, 0.3) is 0 Å². The van der Waals surface area contributed by atoms with Gasteiger partial charge in [-0.3, -0.25) is 0 Å². The average molecular weight is 167 g/mol. The first kappa shape index (κ1) is 9.87. The molecule has 0 unspecified atom stereocenters. The van der Waals surface area contributed by atoms with E-state index >= 15 is 0 Å². The van der Waals surface area contributed by atoms with Crippen LogP contribution in [0.15, 0.2) is 0 Å². The first-order valence-corrected chi connectivity index (χ1v) is 5.07. The fraction of sp³-hybridized carbons (Fsp3) is 1.00. The summed E-state index contributed by atoms with van der Waals surface area (Å²) < 4.78 is 21.0. The highest BCUT2D eigenvalue weighted by atomic mass is 32.2. The molecule has 0 saturated heterocycles. The lowest BCUT2D eigenvalue weighted by atomic mass is 10.3. The third-order valence-electron chi connectivity index (χ3n) is 1.09. The molecule has 0 amide bonds. The molecule has 4 nitrogen and oxygen atoms in total. The monoisotopic (exact) mass is 167 g/mol. The van der Waals surface area contributed by atoms with Crippen molar-refractivity contribution in [2.45, 2.75) is 12.5 Å². The summed E-state index contributed by atoms with van der Waals surface area (Å²) in [5, 5.41) is 8.83. The fourth-order valence-electron chi connectivity index (χ4n) is 0.468. The molecule has 0 aliphatic heterocycles. The zero-order chi connectivity index (χ0) is 8.20. The summed E-state index contributed by atoms with van der Waals surface area (Å²) in [6.45, 7) is 0.121. The molecule has 0 saturated carbocycles. The van der Waals surface area contributed by atoms with Crippen LogP contribution in [-0.4, -0.2) is 38.2 Å². The lowest BCUT2D eigenvalue weighted by Crippen LogP contribution is -2.22. The SMILES string of the molecule is CS(=O)(=O)CC[C@@H](O)CN. The Morgan fingerprint density at radius 3 is 2.40 bits per heavy atom. The van der Waals surface area contributed by atoms with Crippen LogP contribution >= 0.6 is 0 Å². The second-order valence-corrected chi connectivity index (χ2v) is 4.57. The summed E-state index contributed by atoms with van der Waals surface area (Å²) in [5.41, 5.74) is 5.06. The highest BCUT2D eigenvalue weighted by Gasteiger charge is 2.06. The van der Waals surface area contributed by atoms with Gasteiger partial charge in [-0.15, -0.1) is 0 Å². The van der Waals surface area contributed by atoms with Crippen molar-refractivity contribution in [1.29, 1.82) is 0 Å². The van der Waals surface area contributed by atoms with Crippen LogP contribution in [0.3, 0.4) is 0 Å². The normalized spacial score (nSPS) is 15.1. The standard InChI is InChI=1S/C5H13NO3S/c1-10(8,9)3-2-5(7)4-6/h5,7H,2-4,6H2,1H3/t5-/m1/s1. The second kappa shape index (κ2) is 3.90. The predicted molar refractivity (Wildman–Crippen MR) is 39.4 cm³/mol. The van der Waals surface area contributed by atoms with E-state index in [2.05, 4.69) is 0 Å². The molecular formula is C5H13NO3S. The van der Waals surface area contributed by atoms with Crippen molar-refractivity contribution in [2.24, 2.45) is 5.73 Å². The highest BCUT2D eigenvalue weighted by molar-refractivity contribution is 7.90. The summed E-state index contributed by atoms with van der Waals surface area (Å²) in [7, 11) is -2.94. The summed E-state index contributed by atoms with van der Waals surface area (Å²) in [5.74, 6) is 0.00532. The van der Waals surface area contributed by atoms with Gasteiger partial charge in [0.2, 0.25) is 0 Å². The van der Waals surface area contributed by atoms with Gasteiger partial charge in [-0.25, -0.2) is 8.42 Å². The molecule has 10 heavy (non-hydrogen) atoms. The maximum absolute atomic E-state index is 10.5. The Labute approximate surface area is 61.0 Å². The van der Waals surface area contributed by atoms with Gasteiger partial charge < -0.3 is 10.8 Å². The molecule has 0 spiro atoms. The quantitative estimate of drug-likeness (QED) is 0.547. The van der Waals surface area contributed by atoms with E-state index in [4.69, 9.17) is 10.8 Å². The van der Waals surface area contributed by atoms with E-state index in [1.54, 1.807) is 0 Å². The fourth-order valence-corrected chi connectivity index (χ4v) is 1.17. The van der Waals surface area contributed by atoms with Gasteiger partial charge in [-0.1, -0.05) is 0 Å². The molecule has 5 heteroatoms. The Kier molecular flexibility index (Phi) is 3.85. The van der Waals surface area contributed by atoms with Crippen LogP contribution in [-0.2, 0) is 9.84 Å². The van der Waals surface area contributed by atoms with Gasteiger partial charge in [0.1, 0.15) is 9.84 Å². The number of sulfone groups is 1. The lowest BCUT2D eigenvalue weighted by molar-refractivity contribution is 0.179. The lowest BCUT2D eigenvalue weighted by Gasteiger charge is -2.04. The van der Waals surface area contributed by atoms with E-state index < -0.39 is 15.9 Å². The Morgan fingerprint density at radius 2 is 2.10 bits per heavy atom. The van der Waals surface area contributed by atoms with Crippen molar-refractivity contribution in [3.8, 4) is 0 Å². The number of hydrogen-bond donors (Lipinski definition) is 2. The van der Waals surface area contributed by atoms with Crippen LogP contribution in [0.4, 0.5) is 0 Å². The van der Waals surface area contributed by atoms with Gasteiger partial charge in [-0.2, -0.15) is 0 Å². The van der Waals surface area contributed by atoms with Gasteiger partial charge in [-0.05, 0) is 6.42 Å². The molecule has 0 aromatic rings. The first-order valence-electron chi connectivity index (χ1n) is 3.01. The second-order valence-electron chi connectivity index (χ2n) is 2.31. The Bertz CT molecular complexity index is 175. The van der Waals surface area contributed by atoms with Gasteiger partial charge in [0.05, 0.1) is 11.9 Å². The topological polar surface area (TPSA) is 80.4 Å². The zero-order valence-corrected chi connectivity index (χ0v) is 6.76. The summed E-state index contributed by atoms with van der Waals surface area (Å²) in [6, 6.07) is 0. The molecular weight excluding hydrogens is 154 g/mol. The molecule has 0 aliphatic carbocycles. The van der Waals surface area contributed by atoms with E-state index in [0.717, 1.165) is 6.26 Å². The molecule has 62 valence electrons. The molecule has 0 fully saturated rings. The molecule has 3 N–H and O–H groups in total. The first-order chi connectivity index (χ1) is 4.45. The van der Waals surface area contributed by atoms with E-state index in [9.17, 15) is 8.42 Å². The molecule has 0 heterocycles. The number of aliphatic hydroxyl groups excluding tert-OH is 1. The molecule has 0 aromatic heterocycles. The summed E-state index contributed by atoms with van der Waals surface area (Å²) in [4.78, 5) is 0. The van der Waals surface area contributed by atoms with Crippen molar-refractivity contribution in [2.75, 3.05) is 18.6 Å². The van der Waals surface area contributed by atoms with Crippen molar-refractivity contribution in [3.05, 3.63) is 0 Å². The van der Waals surface area contributed by atoms with E-state index in [0.29, 0.717) is 0 Å². The maximum Gasteiger partial charge on any atom is 0.147 e. The van der Waals surface area contributed by atoms with Crippen molar-refractivity contribution in [1.82, 2.24) is 0 Å². The molecule has 0 bridgehead atoms. The van der Waals surface area contributed by atoms with Crippen LogP contribution in [0, 0.1) is 0 Å². The van der Waals surface area contributed by atoms with Gasteiger partial charge in [0.15, 0.2) is 0 Å². The predicted octanol–water partition coefficient (Wildman–Crippen LogP) is -1.26. The van der Waals surface area contributed by atoms with Crippen LogP contribution < -0.4 is 5.73 Å². The van der Waals surface area contributed by atoms with E-state index in [1.165, 1.54) is 0 Å². The number of hydrogen-bond acceptors (Lipinski definition) is 4. The average Bonchev–Trinajstić information content (AvgIpc) is 1.81. The third kappa shape index (κ3) is 6.00. The smallest absolute Gasteiger partial charge is 0.147 e. The van der Waals surface area contributed by atoms with Gasteiger partial charge in [0.25, 0.3) is 0 Å². The Hall–Kier alpha value is -0.130. The summed E-state index contributed by atoms with van der Waals surface area (Å²) >= 11 is 0. The van der Waals surface area contributed by atoms with Crippen LogP contribution in [0.1, 0.15) is 6.42 Å². The Balaban J connectivity index is 3.56.